The number of nitrogens with one attached hydrogen (secondary N) is 1. The van der Waals surface area contributed by atoms with Crippen LogP contribution in [0.4, 0.5) is 11.4 Å². The van der Waals surface area contributed by atoms with E-state index in [0.29, 0.717) is 30.4 Å². The van der Waals surface area contributed by atoms with Crippen molar-refractivity contribution in [3.63, 3.8) is 0 Å². The van der Waals surface area contributed by atoms with Crippen molar-refractivity contribution in [2.45, 2.75) is 6.92 Å². The van der Waals surface area contributed by atoms with Crippen LogP contribution in [0.1, 0.15) is 5.69 Å². The van der Waals surface area contributed by atoms with Crippen LogP contribution in [0.2, 0.25) is 5.02 Å². The van der Waals surface area contributed by atoms with Crippen molar-refractivity contribution in [3.05, 3.63) is 39.0 Å². The van der Waals surface area contributed by atoms with Crippen molar-refractivity contribution in [2.24, 2.45) is 0 Å². The van der Waals surface area contributed by atoms with Crippen molar-refractivity contribution in [3.8, 4) is 5.88 Å². The van der Waals surface area contributed by atoms with Crippen LogP contribution in [-0.2, 0) is 0 Å². The summed E-state index contributed by atoms with van der Waals surface area (Å²) in [4.78, 5) is 10.1. The lowest BCUT2D eigenvalue weighted by Gasteiger charge is -2.08. The Morgan fingerprint density at radius 3 is 2.90 bits per heavy atom. The fourth-order valence-corrected chi connectivity index (χ4v) is 1.69. The number of anilines is 1. The molecule has 8 nitrogen and oxygen atoms in total. The van der Waals surface area contributed by atoms with Gasteiger partial charge >= 0.3 is 0 Å². The quantitative estimate of drug-likeness (QED) is 0.496. The third-order valence-electron chi connectivity index (χ3n) is 2.43. The number of nitro benzene ring substituents is 1. The second-order valence-electron chi connectivity index (χ2n) is 3.85. The summed E-state index contributed by atoms with van der Waals surface area (Å²) in [5, 5.41) is 21.0. The smallest absolute Gasteiger partial charge is 0.278 e. The summed E-state index contributed by atoms with van der Waals surface area (Å²) in [7, 11) is 0. The van der Waals surface area contributed by atoms with Crippen molar-refractivity contribution >= 4 is 23.0 Å². The Morgan fingerprint density at radius 1 is 1.50 bits per heavy atom. The van der Waals surface area contributed by atoms with E-state index in [9.17, 15) is 10.1 Å². The maximum Gasteiger partial charge on any atom is 0.278 e. The zero-order valence-corrected chi connectivity index (χ0v) is 11.3. The molecule has 2 aromatic rings. The Hall–Kier alpha value is -2.35. The van der Waals surface area contributed by atoms with Crippen molar-refractivity contribution < 1.29 is 14.3 Å². The molecule has 20 heavy (non-hydrogen) atoms. The van der Waals surface area contributed by atoms with Gasteiger partial charge in [-0.25, -0.2) is 4.63 Å². The Bertz CT molecular complexity index is 616. The van der Waals surface area contributed by atoms with Crippen LogP contribution in [0.5, 0.6) is 5.88 Å². The van der Waals surface area contributed by atoms with Gasteiger partial charge in [-0.3, -0.25) is 10.1 Å². The summed E-state index contributed by atoms with van der Waals surface area (Å²) in [5.74, 6) is 0.335. The molecule has 0 fully saturated rings. The monoisotopic (exact) mass is 298 g/mol. The van der Waals surface area contributed by atoms with E-state index in [1.165, 1.54) is 12.1 Å². The second kappa shape index (κ2) is 6.20. The molecule has 0 saturated carbocycles. The molecule has 1 N–H and O–H groups in total. The lowest BCUT2D eigenvalue weighted by molar-refractivity contribution is -0.384. The highest BCUT2D eigenvalue weighted by Crippen LogP contribution is 2.26. The average Bonchev–Trinajstić information content (AvgIpc) is 2.81. The van der Waals surface area contributed by atoms with E-state index in [-0.39, 0.29) is 10.7 Å². The van der Waals surface area contributed by atoms with Gasteiger partial charge in [0.2, 0.25) is 0 Å². The summed E-state index contributed by atoms with van der Waals surface area (Å²) < 4.78 is 9.80. The van der Waals surface area contributed by atoms with Gasteiger partial charge in [0.25, 0.3) is 11.6 Å². The number of ether oxygens (including phenoxy) is 1. The van der Waals surface area contributed by atoms with E-state index in [1.807, 2.05) is 0 Å². The molecule has 1 aromatic heterocycles. The number of rotatable bonds is 6. The van der Waals surface area contributed by atoms with Crippen LogP contribution < -0.4 is 10.1 Å². The third-order valence-corrected chi connectivity index (χ3v) is 2.74. The zero-order valence-electron chi connectivity index (χ0n) is 10.5. The van der Waals surface area contributed by atoms with Crippen LogP contribution in [0.15, 0.2) is 22.8 Å². The number of nitrogens with zero attached hydrogens (tertiary/aromatic N) is 3. The van der Waals surface area contributed by atoms with Crippen LogP contribution in [0, 0.1) is 17.0 Å². The molecule has 0 unspecified atom stereocenters. The molecule has 1 aromatic carbocycles. The number of halogens is 1. The van der Waals surface area contributed by atoms with Crippen LogP contribution in [0.3, 0.4) is 0 Å². The predicted molar refractivity (Wildman–Crippen MR) is 71.1 cm³/mol. The summed E-state index contributed by atoms with van der Waals surface area (Å²) in [6.45, 7) is 2.48. The summed E-state index contributed by atoms with van der Waals surface area (Å²) in [5.41, 5.74) is 1.11. The van der Waals surface area contributed by atoms with Gasteiger partial charge in [0.15, 0.2) is 0 Å². The SMILES string of the molecule is Cc1nonc1OCCNc1ccc([N+](=O)[O-])cc1Cl. The molecule has 0 amide bonds. The number of hydrogen-bond acceptors (Lipinski definition) is 7. The molecule has 0 saturated heterocycles. The van der Waals surface area contributed by atoms with E-state index >= 15 is 0 Å². The van der Waals surface area contributed by atoms with E-state index in [0.717, 1.165) is 0 Å². The lowest BCUT2D eigenvalue weighted by atomic mass is 10.3. The minimum absolute atomic E-state index is 0.0545. The number of benzene rings is 1. The molecule has 0 aliphatic rings. The number of hydrogen-bond donors (Lipinski definition) is 1. The number of nitro groups is 1. The fourth-order valence-electron chi connectivity index (χ4n) is 1.45. The van der Waals surface area contributed by atoms with Gasteiger partial charge in [-0.2, -0.15) is 0 Å². The normalized spacial score (nSPS) is 10.3. The molecule has 0 spiro atoms. The molecule has 0 radical (unpaired) electrons. The molecule has 2 rings (SSSR count). The topological polar surface area (TPSA) is 103 Å². The van der Waals surface area contributed by atoms with Crippen LogP contribution in [0.25, 0.3) is 0 Å². The molecule has 0 atom stereocenters. The van der Waals surface area contributed by atoms with Crippen LogP contribution in [-0.4, -0.2) is 28.4 Å². The molecule has 1 heterocycles. The molecular weight excluding hydrogens is 288 g/mol. The molecule has 0 aliphatic carbocycles. The van der Waals surface area contributed by atoms with Crippen molar-refractivity contribution in [1.29, 1.82) is 0 Å². The van der Waals surface area contributed by atoms with Crippen LogP contribution >= 0.6 is 11.6 Å². The van der Waals surface area contributed by atoms with E-state index < -0.39 is 4.92 Å². The highest BCUT2D eigenvalue weighted by atomic mass is 35.5. The first-order valence-electron chi connectivity index (χ1n) is 5.67. The molecular formula is C11H11ClN4O4. The van der Waals surface area contributed by atoms with Gasteiger partial charge < -0.3 is 10.1 Å². The first-order chi connectivity index (χ1) is 9.58. The van der Waals surface area contributed by atoms with E-state index in [1.54, 1.807) is 13.0 Å². The molecule has 9 heteroatoms. The standard InChI is InChI=1S/C11H11ClN4O4/c1-7-11(15-20-14-7)19-5-4-13-10-3-2-8(16(17)18)6-9(10)12/h2-3,6,13H,4-5H2,1H3. The first kappa shape index (κ1) is 14.1. The predicted octanol–water partition coefficient (Wildman–Crippen LogP) is 2.43. The second-order valence-corrected chi connectivity index (χ2v) is 4.26. The number of aryl methyl sites for hydroxylation is 1. The lowest BCUT2D eigenvalue weighted by Crippen LogP contribution is -2.12. The van der Waals surface area contributed by atoms with Gasteiger partial charge in [-0.1, -0.05) is 16.8 Å². The fraction of sp³-hybridized carbons (Fsp3) is 0.273. The van der Waals surface area contributed by atoms with E-state index in [2.05, 4.69) is 20.3 Å². The van der Waals surface area contributed by atoms with Gasteiger partial charge in [0.05, 0.1) is 15.6 Å². The summed E-state index contributed by atoms with van der Waals surface area (Å²) >= 11 is 5.93. The number of aromatic nitrogens is 2. The molecule has 106 valence electrons. The Labute approximate surface area is 118 Å². The van der Waals surface area contributed by atoms with Gasteiger partial charge in [0, 0.05) is 18.7 Å². The zero-order chi connectivity index (χ0) is 14.5. The first-order valence-corrected chi connectivity index (χ1v) is 6.05. The Kier molecular flexibility index (Phi) is 4.36. The third kappa shape index (κ3) is 3.35. The summed E-state index contributed by atoms with van der Waals surface area (Å²) in [6.07, 6.45) is 0. The van der Waals surface area contributed by atoms with Crippen molar-refractivity contribution in [1.82, 2.24) is 10.3 Å². The maximum atomic E-state index is 10.6. The van der Waals surface area contributed by atoms with E-state index in [4.69, 9.17) is 16.3 Å². The average molecular weight is 299 g/mol. The number of non-ortho nitro benzene ring substituents is 1. The Balaban J connectivity index is 1.85. The minimum Gasteiger partial charge on any atom is -0.472 e. The van der Waals surface area contributed by atoms with Gasteiger partial charge in [-0.05, 0) is 18.1 Å². The highest BCUT2D eigenvalue weighted by molar-refractivity contribution is 6.33. The molecule has 0 bridgehead atoms. The minimum atomic E-state index is -0.501. The van der Waals surface area contributed by atoms with Crippen molar-refractivity contribution in [2.75, 3.05) is 18.5 Å². The van der Waals surface area contributed by atoms with Gasteiger partial charge in [0.1, 0.15) is 12.3 Å². The maximum absolute atomic E-state index is 10.6. The summed E-state index contributed by atoms with van der Waals surface area (Å²) in [6, 6.07) is 4.21. The highest BCUT2D eigenvalue weighted by Gasteiger charge is 2.09. The van der Waals surface area contributed by atoms with Gasteiger partial charge in [-0.15, -0.1) is 0 Å². The Morgan fingerprint density at radius 2 is 2.30 bits per heavy atom. The largest absolute Gasteiger partial charge is 0.472 e. The molecule has 0 aliphatic heterocycles.